The molecule has 0 aliphatic rings. The molecule has 0 spiro atoms. The summed E-state index contributed by atoms with van der Waals surface area (Å²) < 4.78 is 0. The van der Waals surface area contributed by atoms with E-state index < -0.39 is 0 Å². The van der Waals surface area contributed by atoms with Crippen LogP contribution in [0.4, 0.5) is 5.82 Å². The molecule has 2 nitrogen and oxygen atoms in total. The fraction of sp³-hybridized carbons (Fsp3) is 0. The van der Waals surface area contributed by atoms with E-state index in [0.717, 1.165) is 22.3 Å². The van der Waals surface area contributed by atoms with E-state index in [-0.39, 0.29) is 0 Å². The van der Waals surface area contributed by atoms with E-state index in [1.807, 2.05) is 42.5 Å². The molecule has 0 bridgehead atoms. The van der Waals surface area contributed by atoms with Crippen LogP contribution in [-0.4, -0.2) is 4.98 Å². The van der Waals surface area contributed by atoms with Crippen molar-refractivity contribution >= 4 is 17.4 Å². The highest BCUT2D eigenvalue weighted by Crippen LogP contribution is 2.30. The van der Waals surface area contributed by atoms with Crippen molar-refractivity contribution in [2.75, 3.05) is 5.73 Å². The van der Waals surface area contributed by atoms with Gasteiger partial charge >= 0.3 is 0 Å². The third kappa shape index (κ3) is 2.51. The summed E-state index contributed by atoms with van der Waals surface area (Å²) in [5.74, 6) is 0.520. The molecule has 2 aromatic carbocycles. The van der Waals surface area contributed by atoms with Gasteiger partial charge in [0, 0.05) is 22.3 Å². The number of aromatic nitrogens is 1. The molecule has 3 heteroatoms. The minimum Gasteiger partial charge on any atom is -0.383 e. The van der Waals surface area contributed by atoms with Crippen LogP contribution < -0.4 is 5.73 Å². The molecule has 0 amide bonds. The van der Waals surface area contributed by atoms with Crippen LogP contribution in [0.2, 0.25) is 5.02 Å². The molecule has 1 heterocycles. The van der Waals surface area contributed by atoms with Crippen LogP contribution in [0.1, 0.15) is 0 Å². The van der Waals surface area contributed by atoms with Crippen LogP contribution in [-0.2, 0) is 0 Å². The molecule has 1 aromatic heterocycles. The van der Waals surface area contributed by atoms with Crippen molar-refractivity contribution in [3.63, 3.8) is 0 Å². The second-order valence-electron chi connectivity index (χ2n) is 4.53. The lowest BCUT2D eigenvalue weighted by Gasteiger charge is -2.08. The first-order valence-electron chi connectivity index (χ1n) is 6.31. The van der Waals surface area contributed by atoms with Gasteiger partial charge in [0.15, 0.2) is 0 Å². The van der Waals surface area contributed by atoms with Crippen molar-refractivity contribution < 1.29 is 0 Å². The molecule has 3 aromatic rings. The quantitative estimate of drug-likeness (QED) is 0.742. The van der Waals surface area contributed by atoms with E-state index in [4.69, 9.17) is 17.3 Å². The van der Waals surface area contributed by atoms with E-state index in [2.05, 4.69) is 23.2 Å². The zero-order valence-electron chi connectivity index (χ0n) is 10.8. The number of nitrogen functional groups attached to an aromatic ring is 1. The lowest BCUT2D eigenvalue weighted by atomic mass is 10.0. The third-order valence-corrected chi connectivity index (χ3v) is 3.43. The van der Waals surface area contributed by atoms with Crippen LogP contribution in [0, 0.1) is 0 Å². The van der Waals surface area contributed by atoms with E-state index in [0.29, 0.717) is 10.8 Å². The van der Waals surface area contributed by atoms with Gasteiger partial charge in [0.25, 0.3) is 0 Å². The second kappa shape index (κ2) is 5.35. The number of nitrogens with zero attached hydrogens (tertiary/aromatic N) is 1. The molecule has 0 aliphatic carbocycles. The number of hydrogen-bond donors (Lipinski definition) is 1. The Balaban J connectivity index is 2.10. The number of halogens is 1. The summed E-state index contributed by atoms with van der Waals surface area (Å²) in [7, 11) is 0. The Hall–Kier alpha value is -2.32. The number of benzene rings is 2. The lowest BCUT2D eigenvalue weighted by molar-refractivity contribution is 1.33. The molecule has 0 radical (unpaired) electrons. The topological polar surface area (TPSA) is 38.9 Å². The van der Waals surface area contributed by atoms with Crippen molar-refractivity contribution in [1.82, 2.24) is 4.98 Å². The van der Waals surface area contributed by atoms with E-state index >= 15 is 0 Å². The maximum Gasteiger partial charge on any atom is 0.131 e. The average molecular weight is 281 g/mol. The Bertz CT molecular complexity index is 722. The minimum atomic E-state index is 0.520. The molecule has 2 N–H and O–H groups in total. The highest BCUT2D eigenvalue weighted by Gasteiger charge is 2.06. The maximum absolute atomic E-state index is 5.99. The molecule has 0 saturated heterocycles. The predicted octanol–water partition coefficient (Wildman–Crippen LogP) is 4.65. The van der Waals surface area contributed by atoms with E-state index in [1.165, 1.54) is 0 Å². The minimum absolute atomic E-state index is 0.520. The Morgan fingerprint density at radius 2 is 1.50 bits per heavy atom. The first-order chi connectivity index (χ1) is 9.74. The summed E-state index contributed by atoms with van der Waals surface area (Å²) in [6, 6.07) is 19.8. The monoisotopic (exact) mass is 280 g/mol. The molecule has 0 saturated carbocycles. The number of nitrogens with two attached hydrogens (primary N) is 1. The first kappa shape index (κ1) is 12.7. The molecule has 0 fully saturated rings. The van der Waals surface area contributed by atoms with Gasteiger partial charge < -0.3 is 5.73 Å². The maximum atomic E-state index is 5.99. The summed E-state index contributed by atoms with van der Waals surface area (Å²) in [5, 5.41) is 0.708. The Morgan fingerprint density at radius 1 is 0.800 bits per heavy atom. The molecular formula is C17H13ClN2. The zero-order chi connectivity index (χ0) is 13.9. The molecule has 0 unspecified atom stereocenters. The summed E-state index contributed by atoms with van der Waals surface area (Å²) in [5.41, 5.74) is 10.1. The van der Waals surface area contributed by atoms with Gasteiger partial charge in [0.1, 0.15) is 5.82 Å². The summed E-state index contributed by atoms with van der Waals surface area (Å²) in [6.07, 6.45) is 1.80. The van der Waals surface area contributed by atoms with Crippen LogP contribution in [0.5, 0.6) is 0 Å². The van der Waals surface area contributed by atoms with E-state index in [9.17, 15) is 0 Å². The van der Waals surface area contributed by atoms with Crippen molar-refractivity contribution in [2.45, 2.75) is 0 Å². The standard InChI is InChI=1S/C17H13ClN2/c18-15-8-6-13(7-9-15)16-10-14(11-20-17(16)19)12-4-2-1-3-5-12/h1-11H,(H2,19,20). The fourth-order valence-electron chi connectivity index (χ4n) is 2.12. The molecule has 98 valence electrons. The van der Waals surface area contributed by atoms with E-state index in [1.54, 1.807) is 6.20 Å². The molecule has 3 rings (SSSR count). The Kier molecular flexibility index (Phi) is 3.40. The third-order valence-electron chi connectivity index (χ3n) is 3.18. The molecular weight excluding hydrogens is 268 g/mol. The number of hydrogen-bond acceptors (Lipinski definition) is 2. The fourth-order valence-corrected chi connectivity index (χ4v) is 2.25. The largest absolute Gasteiger partial charge is 0.383 e. The lowest BCUT2D eigenvalue weighted by Crippen LogP contribution is -1.94. The normalized spacial score (nSPS) is 10.4. The molecule has 0 atom stereocenters. The van der Waals surface area contributed by atoms with Crippen molar-refractivity contribution in [3.05, 3.63) is 71.9 Å². The summed E-state index contributed by atoms with van der Waals surface area (Å²) in [6.45, 7) is 0. The summed E-state index contributed by atoms with van der Waals surface area (Å²) in [4.78, 5) is 4.30. The van der Waals surface area contributed by atoms with Gasteiger partial charge in [-0.3, -0.25) is 0 Å². The summed E-state index contributed by atoms with van der Waals surface area (Å²) >= 11 is 5.92. The van der Waals surface area contributed by atoms with Crippen LogP contribution in [0.25, 0.3) is 22.3 Å². The first-order valence-corrected chi connectivity index (χ1v) is 6.69. The van der Waals surface area contributed by atoms with Gasteiger partial charge in [0.2, 0.25) is 0 Å². The smallest absolute Gasteiger partial charge is 0.131 e. The number of anilines is 1. The highest BCUT2D eigenvalue weighted by molar-refractivity contribution is 6.30. The highest BCUT2D eigenvalue weighted by atomic mass is 35.5. The second-order valence-corrected chi connectivity index (χ2v) is 4.97. The molecule has 20 heavy (non-hydrogen) atoms. The van der Waals surface area contributed by atoms with Crippen molar-refractivity contribution in [3.8, 4) is 22.3 Å². The van der Waals surface area contributed by atoms with Gasteiger partial charge in [-0.1, -0.05) is 54.1 Å². The Labute approximate surface area is 122 Å². The SMILES string of the molecule is Nc1ncc(-c2ccccc2)cc1-c1ccc(Cl)cc1. The van der Waals surface area contributed by atoms with Crippen LogP contribution in [0.3, 0.4) is 0 Å². The van der Waals surface area contributed by atoms with Gasteiger partial charge in [-0.15, -0.1) is 0 Å². The van der Waals surface area contributed by atoms with Gasteiger partial charge in [-0.2, -0.15) is 0 Å². The number of pyridine rings is 1. The van der Waals surface area contributed by atoms with Crippen LogP contribution in [0.15, 0.2) is 66.9 Å². The average Bonchev–Trinajstić information content (AvgIpc) is 2.50. The van der Waals surface area contributed by atoms with Gasteiger partial charge in [-0.05, 0) is 29.3 Å². The van der Waals surface area contributed by atoms with Crippen molar-refractivity contribution in [1.29, 1.82) is 0 Å². The van der Waals surface area contributed by atoms with Gasteiger partial charge in [-0.25, -0.2) is 4.98 Å². The Morgan fingerprint density at radius 3 is 2.20 bits per heavy atom. The van der Waals surface area contributed by atoms with Crippen LogP contribution >= 0.6 is 11.6 Å². The number of rotatable bonds is 2. The zero-order valence-corrected chi connectivity index (χ0v) is 11.5. The molecule has 0 aliphatic heterocycles. The van der Waals surface area contributed by atoms with Crippen molar-refractivity contribution in [2.24, 2.45) is 0 Å². The van der Waals surface area contributed by atoms with Gasteiger partial charge in [0.05, 0.1) is 0 Å². The predicted molar refractivity (Wildman–Crippen MR) is 84.5 cm³/mol.